The Kier molecular flexibility index (Phi) is 9.74. The molecule has 1 aromatic heterocycles. The minimum atomic E-state index is -0.301. The summed E-state index contributed by atoms with van der Waals surface area (Å²) in [6, 6.07) is 10.4. The minimum Gasteiger partial charge on any atom is -0.379 e. The highest BCUT2D eigenvalue weighted by molar-refractivity contribution is 5.85. The van der Waals surface area contributed by atoms with E-state index in [0.717, 1.165) is 70.6 Å². The number of nitrogens with zero attached hydrogens (tertiary/aromatic N) is 3. The molecule has 2 saturated heterocycles. The molecule has 34 heavy (non-hydrogen) atoms. The third-order valence-electron chi connectivity index (χ3n) is 7.51. The van der Waals surface area contributed by atoms with E-state index in [9.17, 15) is 4.79 Å². The van der Waals surface area contributed by atoms with E-state index in [2.05, 4.69) is 25.7 Å². The first-order valence-corrected chi connectivity index (χ1v) is 11.9. The van der Waals surface area contributed by atoms with Gasteiger partial charge < -0.3 is 19.9 Å². The number of carbonyl (C=O) groups excluding carboxylic acids is 1. The molecule has 0 bridgehead atoms. The van der Waals surface area contributed by atoms with Gasteiger partial charge in [-0.15, -0.1) is 24.8 Å². The van der Waals surface area contributed by atoms with Crippen molar-refractivity contribution in [2.75, 3.05) is 45.9 Å². The van der Waals surface area contributed by atoms with Crippen LogP contribution in [0.5, 0.6) is 0 Å². The average molecular weight is 512 g/mol. The van der Waals surface area contributed by atoms with Gasteiger partial charge in [0.1, 0.15) is 0 Å². The number of ether oxygens (including phenoxy) is 1. The number of piperidine rings is 1. The summed E-state index contributed by atoms with van der Waals surface area (Å²) >= 11 is 0. The maximum absolute atomic E-state index is 13.4. The molecule has 2 N–H and O–H groups in total. The molecule has 1 saturated carbocycles. The van der Waals surface area contributed by atoms with Gasteiger partial charge in [0.05, 0.1) is 18.6 Å². The Morgan fingerprint density at radius 3 is 2.76 bits per heavy atom. The van der Waals surface area contributed by atoms with E-state index < -0.39 is 0 Å². The van der Waals surface area contributed by atoms with Crippen molar-refractivity contribution in [2.45, 2.75) is 38.1 Å². The maximum atomic E-state index is 13.4. The number of halogens is 2. The van der Waals surface area contributed by atoms with Gasteiger partial charge in [-0.05, 0) is 38.1 Å². The number of nitrogens with one attached hydrogen (secondary N) is 2. The van der Waals surface area contributed by atoms with Crippen LogP contribution in [-0.2, 0) is 16.0 Å². The summed E-state index contributed by atoms with van der Waals surface area (Å²) < 4.78 is 10.9. The van der Waals surface area contributed by atoms with Crippen molar-refractivity contribution in [3.63, 3.8) is 0 Å². The number of amides is 1. The fourth-order valence-electron chi connectivity index (χ4n) is 5.69. The van der Waals surface area contributed by atoms with Crippen molar-refractivity contribution >= 4 is 30.7 Å². The van der Waals surface area contributed by atoms with Crippen LogP contribution in [0, 0.1) is 11.3 Å². The van der Waals surface area contributed by atoms with Gasteiger partial charge in [-0.2, -0.15) is 4.98 Å². The molecule has 0 unspecified atom stereocenters. The highest BCUT2D eigenvalue weighted by Crippen LogP contribution is 2.46. The van der Waals surface area contributed by atoms with Crippen molar-refractivity contribution < 1.29 is 14.1 Å². The number of hydrogen-bond donors (Lipinski definition) is 2. The number of aromatic nitrogens is 2. The van der Waals surface area contributed by atoms with E-state index in [1.807, 2.05) is 30.3 Å². The summed E-state index contributed by atoms with van der Waals surface area (Å²) in [7, 11) is 0. The third-order valence-corrected chi connectivity index (χ3v) is 7.51. The lowest BCUT2D eigenvalue weighted by Crippen LogP contribution is -2.60. The van der Waals surface area contributed by atoms with Crippen LogP contribution in [0.3, 0.4) is 0 Å². The molecule has 2 aromatic rings. The Bertz CT molecular complexity index is 909. The van der Waals surface area contributed by atoms with E-state index in [0.29, 0.717) is 36.6 Å². The topological polar surface area (TPSA) is 92.5 Å². The lowest BCUT2D eigenvalue weighted by molar-refractivity contribution is -0.140. The van der Waals surface area contributed by atoms with Crippen molar-refractivity contribution in [2.24, 2.45) is 11.3 Å². The monoisotopic (exact) mass is 511 g/mol. The molecule has 3 fully saturated rings. The number of carbonyl (C=O) groups is 1. The SMILES string of the molecule is Cl.Cl.O=C(NCCc1nc(-c2ccccc2)no1)[C@@]12CC[C@@H](N3CCOCC3)C[C@H]1CCNC2. The number of fused-ring (bicyclic) bond motifs is 1. The van der Waals surface area contributed by atoms with Gasteiger partial charge in [-0.25, -0.2) is 0 Å². The lowest BCUT2D eigenvalue weighted by atomic mass is 9.61. The van der Waals surface area contributed by atoms with Gasteiger partial charge in [0.2, 0.25) is 17.6 Å². The van der Waals surface area contributed by atoms with Gasteiger partial charge >= 0.3 is 0 Å². The molecule has 1 aromatic carbocycles. The number of hydrogen-bond acceptors (Lipinski definition) is 7. The van der Waals surface area contributed by atoms with Crippen LogP contribution >= 0.6 is 24.8 Å². The van der Waals surface area contributed by atoms with Crippen molar-refractivity contribution in [1.82, 2.24) is 25.7 Å². The highest BCUT2D eigenvalue weighted by atomic mass is 35.5. The smallest absolute Gasteiger partial charge is 0.228 e. The van der Waals surface area contributed by atoms with Gasteiger partial charge in [-0.1, -0.05) is 35.5 Å². The molecule has 2 aliphatic heterocycles. The lowest BCUT2D eigenvalue weighted by Gasteiger charge is -2.50. The summed E-state index contributed by atoms with van der Waals surface area (Å²) in [6.45, 7) is 5.98. The van der Waals surface area contributed by atoms with Gasteiger partial charge in [0.15, 0.2) is 0 Å². The standard InChI is InChI=1S/C24H33N5O3.2ClH/c30-23(26-11-8-21-27-22(28-32-21)18-4-2-1-3-5-18)24-9-6-20(29-12-14-31-15-13-29)16-19(24)7-10-25-17-24;;/h1-5,19-20,25H,6-17H2,(H,26,30);2*1H/t19-,20-,24-;;/m1../s1. The van der Waals surface area contributed by atoms with Crippen LogP contribution in [-0.4, -0.2) is 72.9 Å². The van der Waals surface area contributed by atoms with Gasteiger partial charge in [-0.3, -0.25) is 9.69 Å². The molecule has 3 heterocycles. The predicted octanol–water partition coefficient (Wildman–Crippen LogP) is 2.72. The molecule has 0 radical (unpaired) electrons. The molecular weight excluding hydrogens is 477 g/mol. The normalized spacial score (nSPS) is 27.1. The Balaban J connectivity index is 0.00000162. The predicted molar refractivity (Wildman–Crippen MR) is 134 cm³/mol. The summed E-state index contributed by atoms with van der Waals surface area (Å²) in [6.07, 6.45) is 4.74. The van der Waals surface area contributed by atoms with E-state index >= 15 is 0 Å². The van der Waals surface area contributed by atoms with Crippen LogP contribution in [0.1, 0.15) is 31.6 Å². The molecular formula is C24H35Cl2N5O3. The maximum Gasteiger partial charge on any atom is 0.228 e. The molecule has 3 aliphatic rings. The largest absolute Gasteiger partial charge is 0.379 e. The third kappa shape index (κ3) is 5.74. The first-order chi connectivity index (χ1) is 15.7. The number of benzene rings is 1. The van der Waals surface area contributed by atoms with Crippen LogP contribution in [0.2, 0.25) is 0 Å². The summed E-state index contributed by atoms with van der Waals surface area (Å²) in [5.41, 5.74) is 0.629. The summed E-state index contributed by atoms with van der Waals surface area (Å²) in [5, 5.41) is 10.8. The van der Waals surface area contributed by atoms with Crippen molar-refractivity contribution in [3.8, 4) is 11.4 Å². The second kappa shape index (κ2) is 12.3. The molecule has 5 rings (SSSR count). The molecule has 10 heteroatoms. The van der Waals surface area contributed by atoms with E-state index in [1.165, 1.54) is 0 Å². The molecule has 188 valence electrons. The molecule has 3 atom stereocenters. The summed E-state index contributed by atoms with van der Waals surface area (Å²) in [4.78, 5) is 20.5. The highest BCUT2D eigenvalue weighted by Gasteiger charge is 2.50. The zero-order valence-electron chi connectivity index (χ0n) is 19.4. The van der Waals surface area contributed by atoms with Crippen LogP contribution in [0.15, 0.2) is 34.9 Å². The Morgan fingerprint density at radius 1 is 1.18 bits per heavy atom. The number of rotatable bonds is 6. The Hall–Kier alpha value is -1.71. The van der Waals surface area contributed by atoms with Gasteiger partial charge in [0, 0.05) is 44.2 Å². The second-order valence-electron chi connectivity index (χ2n) is 9.28. The Labute approximate surface area is 213 Å². The van der Waals surface area contributed by atoms with E-state index in [4.69, 9.17) is 9.26 Å². The zero-order valence-corrected chi connectivity index (χ0v) is 21.0. The minimum absolute atomic E-state index is 0. The molecule has 8 nitrogen and oxygen atoms in total. The van der Waals surface area contributed by atoms with Crippen molar-refractivity contribution in [3.05, 3.63) is 36.2 Å². The summed E-state index contributed by atoms with van der Waals surface area (Å²) in [5.74, 6) is 1.75. The first kappa shape index (κ1) is 26.9. The zero-order chi connectivity index (χ0) is 21.8. The molecule has 1 aliphatic carbocycles. The fourth-order valence-corrected chi connectivity index (χ4v) is 5.69. The average Bonchev–Trinajstić information content (AvgIpc) is 3.33. The van der Waals surface area contributed by atoms with Crippen LogP contribution < -0.4 is 10.6 Å². The fraction of sp³-hybridized carbons (Fsp3) is 0.625. The molecule has 0 spiro atoms. The Morgan fingerprint density at radius 2 is 1.97 bits per heavy atom. The van der Waals surface area contributed by atoms with Crippen molar-refractivity contribution in [1.29, 1.82) is 0 Å². The quantitative estimate of drug-likeness (QED) is 0.615. The van der Waals surface area contributed by atoms with E-state index in [-0.39, 0.29) is 36.1 Å². The molecule has 1 amide bonds. The van der Waals surface area contributed by atoms with Gasteiger partial charge in [0.25, 0.3) is 0 Å². The van der Waals surface area contributed by atoms with E-state index in [1.54, 1.807) is 0 Å². The second-order valence-corrected chi connectivity index (χ2v) is 9.28. The first-order valence-electron chi connectivity index (χ1n) is 11.9. The van der Waals surface area contributed by atoms with Crippen LogP contribution in [0.4, 0.5) is 0 Å². The van der Waals surface area contributed by atoms with Crippen LogP contribution in [0.25, 0.3) is 11.4 Å². The number of morpholine rings is 1.